The van der Waals surface area contributed by atoms with E-state index in [1.54, 1.807) is 0 Å². The molecule has 1 amide bonds. The van der Waals surface area contributed by atoms with Crippen LogP contribution in [0.5, 0.6) is 0 Å². The van der Waals surface area contributed by atoms with E-state index in [9.17, 15) is 13.2 Å². The first-order valence-corrected chi connectivity index (χ1v) is 10.7. The number of anilines is 2. The third kappa shape index (κ3) is 6.30. The van der Waals surface area contributed by atoms with Crippen molar-refractivity contribution in [2.24, 2.45) is 0 Å². The normalized spacial score (nSPS) is 11.1. The number of benzene rings is 2. The average Bonchev–Trinajstić information content (AvgIpc) is 2.62. The lowest BCUT2D eigenvalue weighted by atomic mass is 10.3. The van der Waals surface area contributed by atoms with Crippen molar-refractivity contribution in [3.05, 3.63) is 58.6 Å². The second-order valence-corrected chi connectivity index (χ2v) is 8.70. The fourth-order valence-corrected chi connectivity index (χ4v) is 3.54. The van der Waals surface area contributed by atoms with Crippen molar-refractivity contribution in [1.29, 1.82) is 0 Å². The van der Waals surface area contributed by atoms with Gasteiger partial charge in [0.05, 0.1) is 22.0 Å². The smallest absolute Gasteiger partial charge is 0.240 e. The predicted octanol–water partition coefficient (Wildman–Crippen LogP) is 3.01. The van der Waals surface area contributed by atoms with Crippen molar-refractivity contribution in [3.8, 4) is 0 Å². The summed E-state index contributed by atoms with van der Waals surface area (Å²) in [5, 5.41) is 3.26. The Bertz CT molecular complexity index is 892. The molecule has 6 nitrogen and oxygen atoms in total. The van der Waals surface area contributed by atoms with Gasteiger partial charge >= 0.3 is 0 Å². The average molecular weight is 430 g/mol. The van der Waals surface area contributed by atoms with E-state index in [1.165, 1.54) is 18.2 Å². The van der Waals surface area contributed by atoms with Gasteiger partial charge in [0.15, 0.2) is 0 Å². The first-order valence-electron chi connectivity index (χ1n) is 8.14. The highest BCUT2D eigenvalue weighted by molar-refractivity contribution is 7.92. The van der Waals surface area contributed by atoms with Crippen LogP contribution in [0, 0.1) is 0 Å². The number of carbonyl (C=O) groups is 1. The molecule has 0 radical (unpaired) electrons. The van der Waals surface area contributed by atoms with Crippen LogP contribution in [0.4, 0.5) is 11.4 Å². The van der Waals surface area contributed by atoms with Crippen molar-refractivity contribution in [2.75, 3.05) is 42.1 Å². The number of amides is 1. The first-order chi connectivity index (χ1) is 12.7. The summed E-state index contributed by atoms with van der Waals surface area (Å²) in [6, 6.07) is 14.2. The summed E-state index contributed by atoms with van der Waals surface area (Å²) in [5.41, 5.74) is 1.31. The standard InChI is InChI=1S/C18H21Cl2N3O3S/c1-22(14-6-4-3-5-7-14)11-10-21-18(24)13-23(27(2,25)26)15-8-9-16(19)17(20)12-15/h3-9,12H,10-11,13H2,1-2H3,(H,21,24). The highest BCUT2D eigenvalue weighted by Crippen LogP contribution is 2.28. The van der Waals surface area contributed by atoms with E-state index in [4.69, 9.17) is 23.2 Å². The molecule has 0 aliphatic rings. The number of hydrogen-bond acceptors (Lipinski definition) is 4. The molecular weight excluding hydrogens is 409 g/mol. The largest absolute Gasteiger partial charge is 0.373 e. The molecule has 146 valence electrons. The Morgan fingerprint density at radius 1 is 1.04 bits per heavy atom. The SMILES string of the molecule is CN(CCNC(=O)CN(c1ccc(Cl)c(Cl)c1)S(C)(=O)=O)c1ccccc1. The maximum absolute atomic E-state index is 12.2. The maximum atomic E-state index is 12.2. The van der Waals surface area contributed by atoms with E-state index in [0.717, 1.165) is 16.2 Å². The van der Waals surface area contributed by atoms with Gasteiger partial charge in [-0.3, -0.25) is 9.10 Å². The minimum atomic E-state index is -3.67. The highest BCUT2D eigenvalue weighted by Gasteiger charge is 2.21. The Balaban J connectivity index is 1.97. The van der Waals surface area contributed by atoms with Gasteiger partial charge in [0, 0.05) is 25.8 Å². The van der Waals surface area contributed by atoms with Gasteiger partial charge < -0.3 is 10.2 Å². The first kappa shape index (κ1) is 21.3. The minimum Gasteiger partial charge on any atom is -0.373 e. The van der Waals surface area contributed by atoms with Crippen LogP contribution in [0.1, 0.15) is 0 Å². The van der Waals surface area contributed by atoms with E-state index < -0.39 is 15.9 Å². The Hall–Kier alpha value is -1.96. The summed E-state index contributed by atoms with van der Waals surface area (Å²) in [6.45, 7) is 0.621. The molecule has 1 N–H and O–H groups in total. The summed E-state index contributed by atoms with van der Waals surface area (Å²) >= 11 is 11.8. The van der Waals surface area contributed by atoms with Crippen LogP contribution in [0.25, 0.3) is 0 Å². The molecule has 0 saturated heterocycles. The number of sulfonamides is 1. The van der Waals surface area contributed by atoms with Crippen molar-refractivity contribution in [3.63, 3.8) is 0 Å². The molecule has 0 saturated carbocycles. The van der Waals surface area contributed by atoms with E-state index in [-0.39, 0.29) is 17.3 Å². The fraction of sp³-hybridized carbons (Fsp3) is 0.278. The molecule has 27 heavy (non-hydrogen) atoms. The molecule has 2 aromatic rings. The van der Waals surface area contributed by atoms with Crippen molar-refractivity contribution in [1.82, 2.24) is 5.32 Å². The summed E-state index contributed by atoms with van der Waals surface area (Å²) in [6.07, 6.45) is 1.03. The maximum Gasteiger partial charge on any atom is 0.240 e. The quantitative estimate of drug-likeness (QED) is 0.699. The summed E-state index contributed by atoms with van der Waals surface area (Å²) in [7, 11) is -1.75. The van der Waals surface area contributed by atoms with Gasteiger partial charge in [-0.25, -0.2) is 8.42 Å². The third-order valence-electron chi connectivity index (χ3n) is 3.85. The number of carbonyl (C=O) groups excluding carboxylic acids is 1. The van der Waals surface area contributed by atoms with E-state index in [2.05, 4.69) is 5.32 Å². The van der Waals surface area contributed by atoms with Gasteiger partial charge in [-0.15, -0.1) is 0 Å². The minimum absolute atomic E-state index is 0.215. The van der Waals surface area contributed by atoms with Gasteiger partial charge in [-0.2, -0.15) is 0 Å². The van der Waals surface area contributed by atoms with Crippen LogP contribution in [0.2, 0.25) is 10.0 Å². The topological polar surface area (TPSA) is 69.7 Å². The molecule has 0 fully saturated rings. The van der Waals surface area contributed by atoms with Crippen LogP contribution >= 0.6 is 23.2 Å². The van der Waals surface area contributed by atoms with Gasteiger partial charge in [-0.05, 0) is 30.3 Å². The van der Waals surface area contributed by atoms with Crippen LogP contribution in [0.3, 0.4) is 0 Å². The second kappa shape index (κ2) is 9.30. The molecular formula is C18H21Cl2N3O3S. The number of rotatable bonds is 8. The lowest BCUT2D eigenvalue weighted by Gasteiger charge is -2.23. The zero-order chi connectivity index (χ0) is 20.0. The number of nitrogens with zero attached hydrogens (tertiary/aromatic N) is 2. The molecule has 0 atom stereocenters. The highest BCUT2D eigenvalue weighted by atomic mass is 35.5. The fourth-order valence-electron chi connectivity index (χ4n) is 2.40. The van der Waals surface area contributed by atoms with Gasteiger partial charge in [0.1, 0.15) is 6.54 Å². The van der Waals surface area contributed by atoms with E-state index in [0.29, 0.717) is 18.1 Å². The lowest BCUT2D eigenvalue weighted by Crippen LogP contribution is -2.42. The predicted molar refractivity (Wildman–Crippen MR) is 111 cm³/mol. The molecule has 2 rings (SSSR count). The molecule has 0 aromatic heterocycles. The van der Waals surface area contributed by atoms with Crippen LogP contribution < -0.4 is 14.5 Å². The Kier molecular flexibility index (Phi) is 7.35. The number of para-hydroxylation sites is 1. The molecule has 0 unspecified atom stereocenters. The number of hydrogen-bond donors (Lipinski definition) is 1. The lowest BCUT2D eigenvalue weighted by molar-refractivity contribution is -0.119. The summed E-state index contributed by atoms with van der Waals surface area (Å²) < 4.78 is 25.2. The molecule has 0 spiro atoms. The molecule has 0 aliphatic carbocycles. The number of halogens is 2. The van der Waals surface area contributed by atoms with Crippen molar-refractivity contribution >= 4 is 50.5 Å². The Morgan fingerprint density at radius 2 is 1.70 bits per heavy atom. The zero-order valence-corrected chi connectivity index (χ0v) is 17.4. The molecule has 0 bridgehead atoms. The van der Waals surface area contributed by atoms with Gasteiger partial charge in [-0.1, -0.05) is 41.4 Å². The second-order valence-electron chi connectivity index (χ2n) is 5.98. The molecule has 9 heteroatoms. The van der Waals surface area contributed by atoms with E-state index >= 15 is 0 Å². The van der Waals surface area contributed by atoms with Gasteiger partial charge in [0.25, 0.3) is 0 Å². The zero-order valence-electron chi connectivity index (χ0n) is 15.0. The monoisotopic (exact) mass is 429 g/mol. The molecule has 0 heterocycles. The molecule has 0 aliphatic heterocycles. The third-order valence-corrected chi connectivity index (χ3v) is 5.72. The van der Waals surface area contributed by atoms with Crippen molar-refractivity contribution < 1.29 is 13.2 Å². The summed E-state index contributed by atoms with van der Waals surface area (Å²) in [4.78, 5) is 14.2. The van der Waals surface area contributed by atoms with Gasteiger partial charge in [0.2, 0.25) is 15.9 Å². The van der Waals surface area contributed by atoms with Crippen LogP contribution in [0.15, 0.2) is 48.5 Å². The number of likely N-dealkylation sites (N-methyl/N-ethyl adjacent to an activating group) is 1. The Morgan fingerprint density at radius 3 is 2.30 bits per heavy atom. The Labute approximate surface area is 169 Å². The van der Waals surface area contributed by atoms with Crippen LogP contribution in [-0.2, 0) is 14.8 Å². The van der Waals surface area contributed by atoms with Crippen LogP contribution in [-0.4, -0.2) is 47.3 Å². The summed E-state index contributed by atoms with van der Waals surface area (Å²) in [5.74, 6) is -0.409. The van der Waals surface area contributed by atoms with E-state index in [1.807, 2.05) is 42.3 Å². The van der Waals surface area contributed by atoms with Crippen molar-refractivity contribution in [2.45, 2.75) is 0 Å². The number of nitrogens with one attached hydrogen (secondary N) is 1. The molecule has 2 aromatic carbocycles.